The largest absolute Gasteiger partial charge is 0.368 e. The van der Waals surface area contributed by atoms with E-state index in [0.29, 0.717) is 6.54 Å². The van der Waals surface area contributed by atoms with Crippen molar-refractivity contribution in [3.8, 4) is 11.1 Å². The lowest BCUT2D eigenvalue weighted by Crippen LogP contribution is -2.38. The zero-order valence-electron chi connectivity index (χ0n) is 11.3. The molecule has 2 aromatic carbocycles. The normalized spacial score (nSPS) is 12.1. The first kappa shape index (κ1) is 14.6. The number of hydrogen-bond donors (Lipinski definition) is 2. The predicted molar refractivity (Wildman–Crippen MR) is 82.4 cm³/mol. The number of nitrogens with two attached hydrogens (primary N) is 1. The minimum absolute atomic E-state index is 0.328. The van der Waals surface area contributed by atoms with Gasteiger partial charge in [0.25, 0.3) is 0 Å². The Hall–Kier alpha value is -1.84. The van der Waals surface area contributed by atoms with Gasteiger partial charge in [-0.3, -0.25) is 4.79 Å². The van der Waals surface area contributed by atoms with Crippen LogP contribution in [0.4, 0.5) is 0 Å². The molecular formula is C16H17ClN2O. The average molecular weight is 289 g/mol. The fraction of sp³-hybridized carbons (Fsp3) is 0.188. The smallest absolute Gasteiger partial charge is 0.234 e. The lowest BCUT2D eigenvalue weighted by molar-refractivity contribution is -0.119. The highest BCUT2D eigenvalue weighted by molar-refractivity contribution is 6.30. The molecular weight excluding hydrogens is 272 g/mol. The maximum atomic E-state index is 10.9. The molecule has 2 aromatic rings. The maximum absolute atomic E-state index is 10.9. The van der Waals surface area contributed by atoms with Crippen LogP contribution < -0.4 is 11.1 Å². The van der Waals surface area contributed by atoms with Gasteiger partial charge in [0.1, 0.15) is 0 Å². The van der Waals surface area contributed by atoms with Crippen LogP contribution in [-0.4, -0.2) is 11.9 Å². The number of benzene rings is 2. The highest BCUT2D eigenvalue weighted by atomic mass is 35.5. The second kappa shape index (κ2) is 6.55. The highest BCUT2D eigenvalue weighted by Gasteiger charge is 2.07. The number of primary amides is 1. The molecule has 4 heteroatoms. The summed E-state index contributed by atoms with van der Waals surface area (Å²) in [4.78, 5) is 10.9. The van der Waals surface area contributed by atoms with Crippen molar-refractivity contribution in [2.75, 3.05) is 0 Å². The van der Waals surface area contributed by atoms with E-state index in [-0.39, 0.29) is 11.9 Å². The molecule has 0 spiro atoms. The molecule has 0 aliphatic rings. The summed E-state index contributed by atoms with van der Waals surface area (Å²) >= 11 is 5.87. The fourth-order valence-electron chi connectivity index (χ4n) is 1.83. The zero-order chi connectivity index (χ0) is 14.5. The van der Waals surface area contributed by atoms with E-state index in [1.165, 1.54) is 0 Å². The van der Waals surface area contributed by atoms with Crippen molar-refractivity contribution < 1.29 is 4.79 Å². The van der Waals surface area contributed by atoms with Crippen molar-refractivity contribution in [1.29, 1.82) is 0 Å². The van der Waals surface area contributed by atoms with E-state index >= 15 is 0 Å². The molecule has 1 unspecified atom stereocenters. The Kier molecular flexibility index (Phi) is 4.77. The van der Waals surface area contributed by atoms with Crippen LogP contribution in [-0.2, 0) is 11.3 Å². The maximum Gasteiger partial charge on any atom is 0.234 e. The Morgan fingerprint density at radius 1 is 1.10 bits per heavy atom. The summed E-state index contributed by atoms with van der Waals surface area (Å²) in [6, 6.07) is 15.6. The molecule has 0 fully saturated rings. The van der Waals surface area contributed by atoms with Gasteiger partial charge in [-0.05, 0) is 35.7 Å². The molecule has 3 N–H and O–H groups in total. The van der Waals surface area contributed by atoms with Gasteiger partial charge in [0.15, 0.2) is 0 Å². The van der Waals surface area contributed by atoms with E-state index in [9.17, 15) is 4.79 Å². The van der Waals surface area contributed by atoms with Crippen LogP contribution in [0.15, 0.2) is 48.5 Å². The number of carbonyl (C=O) groups is 1. The molecule has 1 atom stereocenters. The molecule has 0 radical (unpaired) electrons. The molecule has 0 bridgehead atoms. The predicted octanol–water partition coefficient (Wildman–Crippen LogP) is 2.97. The Morgan fingerprint density at radius 3 is 2.10 bits per heavy atom. The minimum atomic E-state index is -0.345. The SMILES string of the molecule is CC(NCc1ccc(-c2ccc(Cl)cc2)cc1)C(N)=O. The van der Waals surface area contributed by atoms with E-state index in [0.717, 1.165) is 21.7 Å². The molecule has 1 amide bonds. The third kappa shape index (κ3) is 3.83. The summed E-state index contributed by atoms with van der Waals surface area (Å²) in [6.07, 6.45) is 0. The molecule has 20 heavy (non-hydrogen) atoms. The third-order valence-electron chi connectivity index (χ3n) is 3.17. The van der Waals surface area contributed by atoms with Gasteiger partial charge in [0.2, 0.25) is 5.91 Å². The van der Waals surface area contributed by atoms with E-state index in [2.05, 4.69) is 17.4 Å². The topological polar surface area (TPSA) is 55.1 Å². The molecule has 104 valence electrons. The third-order valence-corrected chi connectivity index (χ3v) is 3.42. The van der Waals surface area contributed by atoms with Gasteiger partial charge < -0.3 is 11.1 Å². The van der Waals surface area contributed by atoms with Gasteiger partial charge in [-0.1, -0.05) is 48.0 Å². The van der Waals surface area contributed by atoms with Gasteiger partial charge in [-0.25, -0.2) is 0 Å². The summed E-state index contributed by atoms with van der Waals surface area (Å²) in [5.74, 6) is -0.345. The number of nitrogens with one attached hydrogen (secondary N) is 1. The number of hydrogen-bond acceptors (Lipinski definition) is 2. The minimum Gasteiger partial charge on any atom is -0.368 e. The van der Waals surface area contributed by atoms with Crippen LogP contribution in [0.3, 0.4) is 0 Å². The highest BCUT2D eigenvalue weighted by Crippen LogP contribution is 2.21. The summed E-state index contributed by atoms with van der Waals surface area (Å²) in [5.41, 5.74) is 8.56. The summed E-state index contributed by atoms with van der Waals surface area (Å²) in [5, 5.41) is 3.80. The van der Waals surface area contributed by atoms with Crippen molar-refractivity contribution >= 4 is 17.5 Å². The van der Waals surface area contributed by atoms with Crippen LogP contribution >= 0.6 is 11.6 Å². The van der Waals surface area contributed by atoms with E-state index in [1.807, 2.05) is 36.4 Å². The van der Waals surface area contributed by atoms with E-state index in [4.69, 9.17) is 17.3 Å². The van der Waals surface area contributed by atoms with Crippen molar-refractivity contribution in [2.24, 2.45) is 5.73 Å². The van der Waals surface area contributed by atoms with Crippen molar-refractivity contribution in [3.63, 3.8) is 0 Å². The standard InChI is InChI=1S/C16H17ClN2O/c1-11(16(18)20)19-10-12-2-4-13(5-3-12)14-6-8-15(17)9-7-14/h2-9,11,19H,10H2,1H3,(H2,18,20). The van der Waals surface area contributed by atoms with Gasteiger partial charge in [0.05, 0.1) is 6.04 Å². The molecule has 3 nitrogen and oxygen atoms in total. The Morgan fingerprint density at radius 2 is 1.60 bits per heavy atom. The van der Waals surface area contributed by atoms with E-state index in [1.54, 1.807) is 6.92 Å². The van der Waals surface area contributed by atoms with Crippen molar-refractivity contribution in [2.45, 2.75) is 19.5 Å². The summed E-state index contributed by atoms with van der Waals surface area (Å²) in [6.45, 7) is 2.37. The summed E-state index contributed by atoms with van der Waals surface area (Å²) in [7, 11) is 0. The summed E-state index contributed by atoms with van der Waals surface area (Å²) < 4.78 is 0. The molecule has 0 aliphatic carbocycles. The molecule has 2 rings (SSSR count). The van der Waals surface area contributed by atoms with Gasteiger partial charge in [0, 0.05) is 11.6 Å². The van der Waals surface area contributed by atoms with Crippen LogP contribution in [0.1, 0.15) is 12.5 Å². The van der Waals surface area contributed by atoms with Gasteiger partial charge in [-0.2, -0.15) is 0 Å². The second-order valence-corrected chi connectivity index (χ2v) is 5.15. The molecule has 0 aromatic heterocycles. The average Bonchev–Trinajstić information content (AvgIpc) is 2.46. The Labute approximate surface area is 123 Å². The monoisotopic (exact) mass is 288 g/mol. The Balaban J connectivity index is 2.03. The van der Waals surface area contributed by atoms with Gasteiger partial charge in [-0.15, -0.1) is 0 Å². The molecule has 0 aliphatic heterocycles. The number of halogens is 1. The van der Waals surface area contributed by atoms with Gasteiger partial charge >= 0.3 is 0 Å². The number of amides is 1. The second-order valence-electron chi connectivity index (χ2n) is 4.71. The quantitative estimate of drug-likeness (QED) is 0.889. The molecule has 0 heterocycles. The van der Waals surface area contributed by atoms with Crippen LogP contribution in [0.5, 0.6) is 0 Å². The van der Waals surface area contributed by atoms with Crippen LogP contribution in [0.25, 0.3) is 11.1 Å². The lowest BCUT2D eigenvalue weighted by Gasteiger charge is -2.10. The van der Waals surface area contributed by atoms with Crippen LogP contribution in [0.2, 0.25) is 5.02 Å². The first-order valence-corrected chi connectivity index (χ1v) is 6.81. The fourth-order valence-corrected chi connectivity index (χ4v) is 1.95. The van der Waals surface area contributed by atoms with Crippen molar-refractivity contribution in [1.82, 2.24) is 5.32 Å². The first-order valence-electron chi connectivity index (χ1n) is 6.44. The van der Waals surface area contributed by atoms with E-state index < -0.39 is 0 Å². The number of rotatable bonds is 5. The Bertz CT molecular complexity index is 578. The molecule has 0 saturated carbocycles. The van der Waals surface area contributed by atoms with Crippen LogP contribution in [0, 0.1) is 0 Å². The van der Waals surface area contributed by atoms with Crippen molar-refractivity contribution in [3.05, 3.63) is 59.1 Å². The lowest BCUT2D eigenvalue weighted by atomic mass is 10.0. The molecule has 0 saturated heterocycles. The number of carbonyl (C=O) groups excluding carboxylic acids is 1. The first-order chi connectivity index (χ1) is 9.56. The zero-order valence-corrected chi connectivity index (χ0v) is 12.0.